The molecule has 0 aliphatic rings. The third-order valence-electron chi connectivity index (χ3n) is 2.65. The van der Waals surface area contributed by atoms with Gasteiger partial charge in [0.25, 0.3) is 0 Å². The van der Waals surface area contributed by atoms with E-state index in [0.29, 0.717) is 11.5 Å². The van der Waals surface area contributed by atoms with E-state index in [1.807, 2.05) is 12.1 Å². The lowest BCUT2D eigenvalue weighted by Crippen LogP contribution is -1.88. The average Bonchev–Trinajstić information content (AvgIpc) is 2.81. The number of aromatic hydroxyl groups is 1. The Morgan fingerprint density at radius 3 is 2.89 bits per heavy atom. The van der Waals surface area contributed by atoms with Gasteiger partial charge in [0.2, 0.25) is 0 Å². The summed E-state index contributed by atoms with van der Waals surface area (Å²) < 4.78 is 6.80. The van der Waals surface area contributed by atoms with Gasteiger partial charge in [-0.15, -0.1) is 5.10 Å². The lowest BCUT2D eigenvalue weighted by atomic mass is 10.2. The highest BCUT2D eigenvalue weighted by Gasteiger charge is 2.07. The molecule has 18 heavy (non-hydrogen) atoms. The molecule has 0 saturated heterocycles. The second-order valence-electron chi connectivity index (χ2n) is 3.86. The van der Waals surface area contributed by atoms with Crippen LogP contribution in [0.15, 0.2) is 42.6 Å². The van der Waals surface area contributed by atoms with E-state index in [0.717, 1.165) is 11.3 Å². The van der Waals surface area contributed by atoms with E-state index in [1.165, 1.54) is 0 Å². The summed E-state index contributed by atoms with van der Waals surface area (Å²) in [6.07, 6.45) is 1.79. The van der Waals surface area contributed by atoms with Crippen LogP contribution in [0.2, 0.25) is 0 Å². The number of methoxy groups -OCH3 is 1. The van der Waals surface area contributed by atoms with Crippen LogP contribution in [0.1, 0.15) is 0 Å². The highest BCUT2D eigenvalue weighted by atomic mass is 16.5. The standard InChI is InChI=1S/C13H11N3O2/c1-18-11-5-6-16-12(8-11)14-13(15-16)9-3-2-4-10(17)7-9/h2-8,17H,1H3. The molecule has 0 unspecified atom stereocenters. The summed E-state index contributed by atoms with van der Waals surface area (Å²) >= 11 is 0. The first-order valence-corrected chi connectivity index (χ1v) is 5.46. The van der Waals surface area contributed by atoms with Gasteiger partial charge >= 0.3 is 0 Å². The van der Waals surface area contributed by atoms with Crippen LogP contribution in [0.25, 0.3) is 17.0 Å². The summed E-state index contributed by atoms with van der Waals surface area (Å²) in [5, 5.41) is 13.8. The third-order valence-corrected chi connectivity index (χ3v) is 2.65. The number of hydrogen-bond acceptors (Lipinski definition) is 4. The van der Waals surface area contributed by atoms with Crippen molar-refractivity contribution in [2.45, 2.75) is 0 Å². The number of aromatic nitrogens is 3. The van der Waals surface area contributed by atoms with E-state index in [2.05, 4.69) is 10.1 Å². The third kappa shape index (κ3) is 1.75. The van der Waals surface area contributed by atoms with Crippen LogP contribution in [0.4, 0.5) is 0 Å². The van der Waals surface area contributed by atoms with Gasteiger partial charge in [-0.2, -0.15) is 0 Å². The van der Waals surface area contributed by atoms with Gasteiger partial charge in [0.05, 0.1) is 7.11 Å². The van der Waals surface area contributed by atoms with E-state index in [1.54, 1.807) is 42.1 Å². The molecule has 1 aromatic carbocycles. The second-order valence-corrected chi connectivity index (χ2v) is 3.86. The van der Waals surface area contributed by atoms with Crippen molar-refractivity contribution in [3.63, 3.8) is 0 Å². The Hall–Kier alpha value is -2.56. The molecule has 0 saturated carbocycles. The first kappa shape index (κ1) is 10.6. The van der Waals surface area contributed by atoms with Gasteiger partial charge in [-0.1, -0.05) is 12.1 Å². The normalized spacial score (nSPS) is 10.7. The van der Waals surface area contributed by atoms with Crippen LogP contribution in [0.5, 0.6) is 11.5 Å². The number of nitrogens with zero attached hydrogens (tertiary/aromatic N) is 3. The van der Waals surface area contributed by atoms with Crippen molar-refractivity contribution in [1.82, 2.24) is 14.6 Å². The Morgan fingerprint density at radius 1 is 1.22 bits per heavy atom. The minimum absolute atomic E-state index is 0.198. The molecule has 0 aliphatic carbocycles. The number of hydrogen-bond donors (Lipinski definition) is 1. The average molecular weight is 241 g/mol. The fourth-order valence-corrected chi connectivity index (χ4v) is 1.76. The summed E-state index contributed by atoms with van der Waals surface area (Å²) in [7, 11) is 1.61. The monoisotopic (exact) mass is 241 g/mol. The first-order valence-electron chi connectivity index (χ1n) is 5.46. The molecule has 2 heterocycles. The van der Waals surface area contributed by atoms with E-state index < -0.39 is 0 Å². The second kappa shape index (κ2) is 4.03. The summed E-state index contributed by atoms with van der Waals surface area (Å²) in [5.41, 5.74) is 1.48. The molecular weight excluding hydrogens is 230 g/mol. The van der Waals surface area contributed by atoms with E-state index in [4.69, 9.17) is 4.74 Å². The van der Waals surface area contributed by atoms with E-state index in [-0.39, 0.29) is 5.75 Å². The molecule has 0 spiro atoms. The molecule has 0 radical (unpaired) electrons. The van der Waals surface area contributed by atoms with Crippen LogP contribution in [-0.2, 0) is 0 Å². The van der Waals surface area contributed by atoms with Crippen LogP contribution in [0.3, 0.4) is 0 Å². The van der Waals surface area contributed by atoms with Crippen molar-refractivity contribution in [2.75, 3.05) is 7.11 Å². The first-order chi connectivity index (χ1) is 8.76. The van der Waals surface area contributed by atoms with Crippen molar-refractivity contribution < 1.29 is 9.84 Å². The Bertz CT molecular complexity index is 706. The predicted molar refractivity (Wildman–Crippen MR) is 66.6 cm³/mol. The topological polar surface area (TPSA) is 59.7 Å². The van der Waals surface area contributed by atoms with E-state index in [9.17, 15) is 5.11 Å². The summed E-state index contributed by atoms with van der Waals surface area (Å²) in [4.78, 5) is 4.39. The van der Waals surface area contributed by atoms with Gasteiger partial charge in [0.15, 0.2) is 11.5 Å². The smallest absolute Gasteiger partial charge is 0.182 e. The van der Waals surface area contributed by atoms with Crippen LogP contribution < -0.4 is 4.74 Å². The molecule has 0 aliphatic heterocycles. The molecule has 3 aromatic rings. The zero-order valence-electron chi connectivity index (χ0n) is 9.74. The number of pyridine rings is 1. The van der Waals surface area contributed by atoms with Crippen molar-refractivity contribution in [3.05, 3.63) is 42.6 Å². The lowest BCUT2D eigenvalue weighted by Gasteiger charge is -1.97. The molecule has 5 heteroatoms. The number of rotatable bonds is 2. The molecule has 2 aromatic heterocycles. The molecule has 90 valence electrons. The van der Waals surface area contributed by atoms with Gasteiger partial charge in [-0.05, 0) is 18.2 Å². The minimum atomic E-state index is 0.198. The molecule has 0 fully saturated rings. The van der Waals surface area contributed by atoms with E-state index >= 15 is 0 Å². The zero-order chi connectivity index (χ0) is 12.5. The maximum absolute atomic E-state index is 9.45. The number of phenols is 1. The van der Waals surface area contributed by atoms with Crippen molar-refractivity contribution in [1.29, 1.82) is 0 Å². The minimum Gasteiger partial charge on any atom is -0.508 e. The predicted octanol–water partition coefficient (Wildman–Crippen LogP) is 2.11. The van der Waals surface area contributed by atoms with Gasteiger partial charge in [-0.25, -0.2) is 9.50 Å². The van der Waals surface area contributed by atoms with Crippen molar-refractivity contribution >= 4 is 5.65 Å². The fourth-order valence-electron chi connectivity index (χ4n) is 1.76. The maximum atomic E-state index is 9.45. The lowest BCUT2D eigenvalue weighted by molar-refractivity contribution is 0.414. The van der Waals surface area contributed by atoms with Gasteiger partial charge < -0.3 is 9.84 Å². The zero-order valence-corrected chi connectivity index (χ0v) is 9.74. The Kier molecular flexibility index (Phi) is 2.37. The Balaban J connectivity index is 2.13. The molecule has 0 atom stereocenters. The number of benzene rings is 1. The van der Waals surface area contributed by atoms with Crippen molar-refractivity contribution in [3.8, 4) is 22.9 Å². The van der Waals surface area contributed by atoms with Gasteiger partial charge in [0.1, 0.15) is 11.5 Å². The summed E-state index contributed by atoms with van der Waals surface area (Å²) in [5.74, 6) is 1.50. The SMILES string of the molecule is COc1ccn2nc(-c3cccc(O)c3)nc2c1. The number of phenolic OH excluding ortho intramolecular Hbond substituents is 1. The van der Waals surface area contributed by atoms with Gasteiger partial charge in [0, 0.05) is 17.8 Å². The molecule has 1 N–H and O–H groups in total. The highest BCUT2D eigenvalue weighted by Crippen LogP contribution is 2.21. The van der Waals surface area contributed by atoms with Crippen LogP contribution in [0, 0.1) is 0 Å². The largest absolute Gasteiger partial charge is 0.508 e. The molecular formula is C13H11N3O2. The summed E-state index contributed by atoms with van der Waals surface area (Å²) in [6.45, 7) is 0. The molecule has 3 rings (SSSR count). The molecule has 5 nitrogen and oxygen atoms in total. The quantitative estimate of drug-likeness (QED) is 0.746. The maximum Gasteiger partial charge on any atom is 0.182 e. The number of ether oxygens (including phenoxy) is 1. The molecule has 0 bridgehead atoms. The van der Waals surface area contributed by atoms with Crippen LogP contribution >= 0.6 is 0 Å². The van der Waals surface area contributed by atoms with Crippen molar-refractivity contribution in [2.24, 2.45) is 0 Å². The fraction of sp³-hybridized carbons (Fsp3) is 0.0769. The van der Waals surface area contributed by atoms with Gasteiger partial charge in [-0.3, -0.25) is 0 Å². The Labute approximate surface area is 103 Å². The number of fused-ring (bicyclic) bond motifs is 1. The van der Waals surface area contributed by atoms with Crippen LogP contribution in [-0.4, -0.2) is 26.8 Å². The highest BCUT2D eigenvalue weighted by molar-refractivity contribution is 5.60. The molecule has 0 amide bonds. The Morgan fingerprint density at radius 2 is 2.11 bits per heavy atom. The summed E-state index contributed by atoms with van der Waals surface area (Å²) in [6, 6.07) is 10.5.